The lowest BCUT2D eigenvalue weighted by Crippen LogP contribution is -2.33. The minimum atomic E-state index is -1.26. The van der Waals surface area contributed by atoms with Crippen LogP contribution in [-0.4, -0.2) is 23.1 Å². The second-order valence-corrected chi connectivity index (χ2v) is 4.33. The van der Waals surface area contributed by atoms with Crippen molar-refractivity contribution in [1.29, 1.82) is 0 Å². The molecule has 18 heavy (non-hydrogen) atoms. The standard InChI is InChI=1S/C11H11Cl2NO4/c1-2-8(10(14)15)18-9-6(11(16)17)3-5(12)4-7(9)13/h3-4,8H,2H2,1H3,(H2,14,15)(H,16,17). The van der Waals surface area contributed by atoms with Crippen LogP contribution in [0, 0.1) is 0 Å². The maximum Gasteiger partial charge on any atom is 0.339 e. The molecule has 0 aromatic heterocycles. The number of benzene rings is 1. The second-order valence-electron chi connectivity index (χ2n) is 3.49. The molecule has 0 fully saturated rings. The van der Waals surface area contributed by atoms with Gasteiger partial charge in [-0.05, 0) is 18.6 Å². The number of carbonyl (C=O) groups excluding carboxylic acids is 1. The third-order valence-corrected chi connectivity index (χ3v) is 2.69. The number of hydrogen-bond donors (Lipinski definition) is 2. The van der Waals surface area contributed by atoms with Crippen LogP contribution in [-0.2, 0) is 4.79 Å². The normalized spacial score (nSPS) is 11.9. The van der Waals surface area contributed by atoms with Crippen LogP contribution in [0.2, 0.25) is 10.0 Å². The number of amides is 1. The van der Waals surface area contributed by atoms with Crippen molar-refractivity contribution in [3.05, 3.63) is 27.7 Å². The van der Waals surface area contributed by atoms with Crippen LogP contribution < -0.4 is 10.5 Å². The molecule has 0 radical (unpaired) electrons. The lowest BCUT2D eigenvalue weighted by atomic mass is 10.2. The van der Waals surface area contributed by atoms with E-state index in [1.165, 1.54) is 12.1 Å². The van der Waals surface area contributed by atoms with Gasteiger partial charge in [0.25, 0.3) is 5.91 Å². The molecule has 0 aliphatic rings. The molecule has 3 N–H and O–H groups in total. The van der Waals surface area contributed by atoms with Crippen LogP contribution in [0.4, 0.5) is 0 Å². The third kappa shape index (κ3) is 3.27. The average molecular weight is 292 g/mol. The first kappa shape index (κ1) is 14.6. The fourth-order valence-corrected chi connectivity index (χ4v) is 1.86. The van der Waals surface area contributed by atoms with E-state index in [4.69, 9.17) is 38.8 Å². The molecule has 0 aliphatic heterocycles. The van der Waals surface area contributed by atoms with E-state index in [1.807, 2.05) is 0 Å². The van der Waals surface area contributed by atoms with Gasteiger partial charge in [-0.2, -0.15) is 0 Å². The Morgan fingerprint density at radius 1 is 1.44 bits per heavy atom. The summed E-state index contributed by atoms with van der Waals surface area (Å²) < 4.78 is 5.26. The number of nitrogens with two attached hydrogens (primary N) is 1. The van der Waals surface area contributed by atoms with Gasteiger partial charge in [0.1, 0.15) is 5.56 Å². The summed E-state index contributed by atoms with van der Waals surface area (Å²) in [6.07, 6.45) is -0.644. The molecule has 0 saturated carbocycles. The topological polar surface area (TPSA) is 89.6 Å². The van der Waals surface area contributed by atoms with Crippen LogP contribution >= 0.6 is 23.2 Å². The largest absolute Gasteiger partial charge is 0.478 e. The minimum Gasteiger partial charge on any atom is -0.478 e. The highest BCUT2D eigenvalue weighted by molar-refractivity contribution is 6.36. The number of ether oxygens (including phenoxy) is 1. The lowest BCUT2D eigenvalue weighted by Gasteiger charge is -2.17. The Labute approximate surface area is 113 Å². The first-order valence-corrected chi connectivity index (χ1v) is 5.80. The van der Waals surface area contributed by atoms with Crippen LogP contribution in [0.3, 0.4) is 0 Å². The molecule has 0 bridgehead atoms. The Hall–Kier alpha value is -1.46. The van der Waals surface area contributed by atoms with Gasteiger partial charge in [-0.1, -0.05) is 30.1 Å². The van der Waals surface area contributed by atoms with Crippen molar-refractivity contribution in [1.82, 2.24) is 0 Å². The Morgan fingerprint density at radius 2 is 2.06 bits per heavy atom. The number of hydrogen-bond acceptors (Lipinski definition) is 3. The summed E-state index contributed by atoms with van der Waals surface area (Å²) in [4.78, 5) is 22.1. The van der Waals surface area contributed by atoms with Gasteiger partial charge in [0.05, 0.1) is 5.02 Å². The van der Waals surface area contributed by atoms with E-state index < -0.39 is 18.0 Å². The van der Waals surface area contributed by atoms with Crippen molar-refractivity contribution in [3.8, 4) is 5.75 Å². The van der Waals surface area contributed by atoms with Crippen LogP contribution in [0.25, 0.3) is 0 Å². The summed E-state index contributed by atoms with van der Waals surface area (Å²) in [5, 5.41) is 9.20. The molecule has 0 heterocycles. The highest BCUT2D eigenvalue weighted by Crippen LogP contribution is 2.33. The molecule has 5 nitrogen and oxygen atoms in total. The number of carboxylic acids is 1. The van der Waals surface area contributed by atoms with Crippen molar-refractivity contribution in [2.75, 3.05) is 0 Å². The Kier molecular flexibility index (Phi) is 4.81. The smallest absolute Gasteiger partial charge is 0.339 e. The van der Waals surface area contributed by atoms with Gasteiger partial charge >= 0.3 is 5.97 Å². The molecule has 1 amide bonds. The molecular weight excluding hydrogens is 281 g/mol. The number of aromatic carboxylic acids is 1. The molecule has 1 atom stereocenters. The third-order valence-electron chi connectivity index (χ3n) is 2.19. The summed E-state index contributed by atoms with van der Waals surface area (Å²) in [5.41, 5.74) is 4.91. The highest BCUT2D eigenvalue weighted by Gasteiger charge is 2.22. The van der Waals surface area contributed by atoms with E-state index in [2.05, 4.69) is 0 Å². The van der Waals surface area contributed by atoms with Crippen molar-refractivity contribution in [3.63, 3.8) is 0 Å². The number of rotatable bonds is 5. The fourth-order valence-electron chi connectivity index (χ4n) is 1.32. The zero-order chi connectivity index (χ0) is 13.9. The number of halogens is 2. The summed E-state index contributed by atoms with van der Waals surface area (Å²) >= 11 is 11.6. The molecule has 1 rings (SSSR count). The average Bonchev–Trinajstić information content (AvgIpc) is 2.26. The monoisotopic (exact) mass is 291 g/mol. The SMILES string of the molecule is CCC(Oc1c(Cl)cc(Cl)cc1C(=O)O)C(N)=O. The van der Waals surface area contributed by atoms with Crippen LogP contribution in [0.15, 0.2) is 12.1 Å². The van der Waals surface area contributed by atoms with E-state index in [-0.39, 0.29) is 21.4 Å². The van der Waals surface area contributed by atoms with Crippen molar-refractivity contribution >= 4 is 35.1 Å². The predicted molar refractivity (Wildman–Crippen MR) is 67.3 cm³/mol. The zero-order valence-corrected chi connectivity index (χ0v) is 11.0. The van der Waals surface area contributed by atoms with Crippen LogP contribution in [0.1, 0.15) is 23.7 Å². The van der Waals surface area contributed by atoms with E-state index >= 15 is 0 Å². The van der Waals surface area contributed by atoms with Gasteiger partial charge in [-0.3, -0.25) is 4.79 Å². The Bertz CT molecular complexity index is 490. The Morgan fingerprint density at radius 3 is 2.50 bits per heavy atom. The molecular formula is C11H11Cl2NO4. The molecule has 7 heteroatoms. The van der Waals surface area contributed by atoms with E-state index in [1.54, 1.807) is 6.92 Å². The van der Waals surface area contributed by atoms with E-state index in [0.717, 1.165) is 0 Å². The van der Waals surface area contributed by atoms with E-state index in [9.17, 15) is 9.59 Å². The predicted octanol–water partition coefficient (Wildman–Crippen LogP) is 2.33. The maximum absolute atomic E-state index is 11.1. The number of primary amides is 1. The number of carbonyl (C=O) groups is 2. The van der Waals surface area contributed by atoms with Crippen molar-refractivity contribution in [2.45, 2.75) is 19.4 Å². The maximum atomic E-state index is 11.1. The van der Waals surface area contributed by atoms with Crippen molar-refractivity contribution in [2.24, 2.45) is 5.73 Å². The van der Waals surface area contributed by atoms with Gasteiger partial charge in [0.2, 0.25) is 0 Å². The molecule has 0 saturated heterocycles. The highest BCUT2D eigenvalue weighted by atomic mass is 35.5. The summed E-state index contributed by atoms with van der Waals surface area (Å²) in [5.74, 6) is -2.06. The van der Waals surface area contributed by atoms with E-state index in [0.29, 0.717) is 6.42 Å². The first-order chi connectivity index (χ1) is 8.36. The summed E-state index contributed by atoms with van der Waals surface area (Å²) in [7, 11) is 0. The summed E-state index contributed by atoms with van der Waals surface area (Å²) in [6, 6.07) is 2.53. The van der Waals surface area contributed by atoms with Gasteiger partial charge in [0.15, 0.2) is 11.9 Å². The molecule has 1 aromatic carbocycles. The summed E-state index contributed by atoms with van der Waals surface area (Å²) in [6.45, 7) is 1.68. The Balaban J connectivity index is 3.22. The second kappa shape index (κ2) is 5.93. The molecule has 0 aliphatic carbocycles. The van der Waals surface area contributed by atoms with Crippen molar-refractivity contribution < 1.29 is 19.4 Å². The molecule has 1 aromatic rings. The van der Waals surface area contributed by atoms with Gasteiger partial charge < -0.3 is 15.6 Å². The van der Waals surface area contributed by atoms with Gasteiger partial charge in [0, 0.05) is 5.02 Å². The zero-order valence-electron chi connectivity index (χ0n) is 9.44. The van der Waals surface area contributed by atoms with Crippen LogP contribution in [0.5, 0.6) is 5.75 Å². The molecule has 1 unspecified atom stereocenters. The molecule has 0 spiro atoms. The van der Waals surface area contributed by atoms with Gasteiger partial charge in [-0.25, -0.2) is 4.79 Å². The van der Waals surface area contributed by atoms with Gasteiger partial charge in [-0.15, -0.1) is 0 Å². The minimum absolute atomic E-state index is 0.0135. The quantitative estimate of drug-likeness (QED) is 0.871. The molecule has 98 valence electrons. The first-order valence-electron chi connectivity index (χ1n) is 5.05. The number of carboxylic acid groups (broad SMARTS) is 1. The fraction of sp³-hybridized carbons (Fsp3) is 0.273. The lowest BCUT2D eigenvalue weighted by molar-refractivity contribution is -0.124.